The second-order valence-electron chi connectivity index (χ2n) is 7.45. The smallest absolute Gasteiger partial charge is 0.0929 e. The Bertz CT molecular complexity index is 631. The lowest BCUT2D eigenvalue weighted by Gasteiger charge is -2.43. The first kappa shape index (κ1) is 17.1. The largest absolute Gasteiger partial charge is 0.512 e. The lowest BCUT2D eigenvalue weighted by Crippen LogP contribution is -2.42. The Hall–Kier alpha value is -1.70. The molecule has 1 unspecified atom stereocenters. The normalized spacial score (nSPS) is 28.9. The molecule has 0 amide bonds. The number of hydrogen-bond donors (Lipinski definition) is 2. The molecule has 1 aliphatic carbocycles. The highest BCUT2D eigenvalue weighted by Crippen LogP contribution is 2.44. The molecule has 0 saturated carbocycles. The first-order valence-electron chi connectivity index (χ1n) is 9.59. The van der Waals surface area contributed by atoms with E-state index in [1.807, 2.05) is 12.2 Å². The topological polar surface area (TPSA) is 32.3 Å². The van der Waals surface area contributed by atoms with Gasteiger partial charge in [0.1, 0.15) is 0 Å². The molecule has 0 aromatic heterocycles. The highest BCUT2D eigenvalue weighted by molar-refractivity contribution is 5.58. The molecule has 2 nitrogen and oxygen atoms in total. The van der Waals surface area contributed by atoms with Crippen LogP contribution in [0.25, 0.3) is 0 Å². The SMILES string of the molecule is CCCC[C@@H]1[C@H](C)c2cc(CC)ccc2N[C@H]1C1C=CC=C(O)C1. The van der Waals surface area contributed by atoms with Crippen LogP contribution in [0.15, 0.2) is 42.2 Å². The van der Waals surface area contributed by atoms with Gasteiger partial charge < -0.3 is 10.4 Å². The maximum Gasteiger partial charge on any atom is 0.0929 e. The lowest BCUT2D eigenvalue weighted by atomic mass is 9.70. The molecule has 0 bridgehead atoms. The van der Waals surface area contributed by atoms with E-state index in [1.54, 1.807) is 0 Å². The maximum atomic E-state index is 9.98. The van der Waals surface area contributed by atoms with Crippen molar-refractivity contribution in [1.29, 1.82) is 0 Å². The van der Waals surface area contributed by atoms with Crippen LogP contribution in [0.5, 0.6) is 0 Å². The maximum absolute atomic E-state index is 9.98. The van der Waals surface area contributed by atoms with Crippen molar-refractivity contribution < 1.29 is 5.11 Å². The summed E-state index contributed by atoms with van der Waals surface area (Å²) in [5.41, 5.74) is 4.19. The average Bonchev–Trinajstić information content (AvgIpc) is 2.60. The number of aliphatic hydroxyl groups excluding tert-OH is 1. The third-order valence-corrected chi connectivity index (χ3v) is 5.88. The molecule has 24 heavy (non-hydrogen) atoms. The fourth-order valence-corrected chi connectivity index (χ4v) is 4.40. The van der Waals surface area contributed by atoms with Gasteiger partial charge in [0.25, 0.3) is 0 Å². The molecule has 2 N–H and O–H groups in total. The highest BCUT2D eigenvalue weighted by atomic mass is 16.3. The molecule has 0 saturated heterocycles. The summed E-state index contributed by atoms with van der Waals surface area (Å²) in [6.07, 6.45) is 11.7. The van der Waals surface area contributed by atoms with Crippen LogP contribution >= 0.6 is 0 Å². The summed E-state index contributed by atoms with van der Waals surface area (Å²) >= 11 is 0. The number of aliphatic hydroxyl groups is 1. The summed E-state index contributed by atoms with van der Waals surface area (Å²) < 4.78 is 0. The third-order valence-electron chi connectivity index (χ3n) is 5.88. The van der Waals surface area contributed by atoms with Gasteiger partial charge in [0, 0.05) is 24.1 Å². The first-order valence-corrected chi connectivity index (χ1v) is 9.59. The van der Waals surface area contributed by atoms with E-state index in [-0.39, 0.29) is 0 Å². The van der Waals surface area contributed by atoms with Gasteiger partial charge in [0.05, 0.1) is 5.76 Å². The molecule has 1 heterocycles. The minimum Gasteiger partial charge on any atom is -0.512 e. The van der Waals surface area contributed by atoms with Crippen molar-refractivity contribution in [3.63, 3.8) is 0 Å². The number of nitrogens with one attached hydrogen (secondary N) is 1. The molecule has 1 aliphatic heterocycles. The van der Waals surface area contributed by atoms with E-state index in [0.29, 0.717) is 29.6 Å². The fourth-order valence-electron chi connectivity index (χ4n) is 4.40. The van der Waals surface area contributed by atoms with E-state index in [1.165, 1.54) is 36.1 Å². The number of fused-ring (bicyclic) bond motifs is 1. The van der Waals surface area contributed by atoms with Gasteiger partial charge in [-0.1, -0.05) is 57.9 Å². The van der Waals surface area contributed by atoms with Gasteiger partial charge in [-0.3, -0.25) is 0 Å². The van der Waals surface area contributed by atoms with Gasteiger partial charge in [0.15, 0.2) is 0 Å². The molecule has 0 radical (unpaired) electrons. The van der Waals surface area contributed by atoms with Crippen LogP contribution in [0.2, 0.25) is 0 Å². The van der Waals surface area contributed by atoms with Crippen molar-refractivity contribution in [1.82, 2.24) is 0 Å². The monoisotopic (exact) mass is 325 g/mol. The van der Waals surface area contributed by atoms with E-state index in [9.17, 15) is 5.11 Å². The van der Waals surface area contributed by atoms with E-state index >= 15 is 0 Å². The highest BCUT2D eigenvalue weighted by Gasteiger charge is 2.37. The molecule has 1 aromatic rings. The van der Waals surface area contributed by atoms with Crippen molar-refractivity contribution in [3.05, 3.63) is 53.3 Å². The fraction of sp³-hybridized carbons (Fsp3) is 0.545. The number of allylic oxidation sites excluding steroid dienone is 3. The van der Waals surface area contributed by atoms with Crippen molar-refractivity contribution in [3.8, 4) is 0 Å². The summed E-state index contributed by atoms with van der Waals surface area (Å²) in [5.74, 6) is 2.06. The quantitative estimate of drug-likeness (QED) is 0.699. The number of unbranched alkanes of at least 4 members (excludes halogenated alkanes) is 1. The molecule has 2 aliphatic rings. The molecule has 130 valence electrons. The zero-order valence-corrected chi connectivity index (χ0v) is 15.3. The van der Waals surface area contributed by atoms with Crippen LogP contribution in [0, 0.1) is 11.8 Å². The number of aryl methyl sites for hydroxylation is 1. The Kier molecular flexibility index (Phi) is 5.33. The van der Waals surface area contributed by atoms with Crippen LogP contribution in [0.1, 0.15) is 63.5 Å². The average molecular weight is 325 g/mol. The van der Waals surface area contributed by atoms with E-state index < -0.39 is 0 Å². The van der Waals surface area contributed by atoms with E-state index in [2.05, 4.69) is 50.4 Å². The predicted molar refractivity (Wildman–Crippen MR) is 103 cm³/mol. The molecule has 3 rings (SSSR count). The Morgan fingerprint density at radius 3 is 2.79 bits per heavy atom. The van der Waals surface area contributed by atoms with Crippen LogP contribution in [-0.2, 0) is 6.42 Å². The molecule has 0 fully saturated rings. The van der Waals surface area contributed by atoms with Crippen molar-refractivity contribution in [2.75, 3.05) is 5.32 Å². The number of benzene rings is 1. The lowest BCUT2D eigenvalue weighted by molar-refractivity contribution is 0.268. The van der Waals surface area contributed by atoms with Crippen LogP contribution in [0.4, 0.5) is 5.69 Å². The summed E-state index contributed by atoms with van der Waals surface area (Å²) in [5, 5.41) is 13.8. The molecule has 2 heteroatoms. The second kappa shape index (κ2) is 7.46. The van der Waals surface area contributed by atoms with E-state index in [4.69, 9.17) is 0 Å². The molecule has 1 aromatic carbocycles. The van der Waals surface area contributed by atoms with Gasteiger partial charge in [-0.25, -0.2) is 0 Å². The van der Waals surface area contributed by atoms with Gasteiger partial charge >= 0.3 is 0 Å². The Morgan fingerprint density at radius 1 is 1.25 bits per heavy atom. The predicted octanol–water partition coefficient (Wildman–Crippen LogP) is 5.97. The van der Waals surface area contributed by atoms with Gasteiger partial charge in [-0.15, -0.1) is 0 Å². The third kappa shape index (κ3) is 3.38. The van der Waals surface area contributed by atoms with Crippen molar-refractivity contribution >= 4 is 5.69 Å². The minimum absolute atomic E-state index is 0.373. The van der Waals surface area contributed by atoms with Gasteiger partial charge in [-0.05, 0) is 47.9 Å². The summed E-state index contributed by atoms with van der Waals surface area (Å²) in [6.45, 7) is 6.89. The summed E-state index contributed by atoms with van der Waals surface area (Å²) in [6, 6.07) is 7.31. The minimum atomic E-state index is 0.373. The number of hydrogen-bond acceptors (Lipinski definition) is 2. The second-order valence-corrected chi connectivity index (χ2v) is 7.45. The van der Waals surface area contributed by atoms with Crippen molar-refractivity contribution in [2.24, 2.45) is 11.8 Å². The Labute approximate surface area is 146 Å². The van der Waals surface area contributed by atoms with Gasteiger partial charge in [0.2, 0.25) is 0 Å². The molecule has 0 spiro atoms. The van der Waals surface area contributed by atoms with E-state index in [0.717, 1.165) is 12.8 Å². The van der Waals surface area contributed by atoms with Crippen molar-refractivity contribution in [2.45, 2.75) is 64.8 Å². The van der Waals surface area contributed by atoms with Crippen LogP contribution < -0.4 is 5.32 Å². The Morgan fingerprint density at radius 2 is 2.08 bits per heavy atom. The van der Waals surface area contributed by atoms with Gasteiger partial charge in [-0.2, -0.15) is 0 Å². The zero-order valence-electron chi connectivity index (χ0n) is 15.3. The standard InChI is InChI=1S/C22H31NO/c1-4-6-10-19-15(3)20-13-16(5-2)11-12-21(20)23-22(19)17-8-7-9-18(24)14-17/h7-9,11-13,15,17,19,22-24H,4-6,10,14H2,1-3H3/t15-,17?,19+,22-/m0/s1. The Balaban J connectivity index is 1.91. The van der Waals surface area contributed by atoms with Crippen LogP contribution in [0.3, 0.4) is 0 Å². The first-order chi connectivity index (χ1) is 11.6. The summed E-state index contributed by atoms with van der Waals surface area (Å²) in [4.78, 5) is 0. The molecular weight excluding hydrogens is 294 g/mol. The zero-order chi connectivity index (χ0) is 17.1. The molecule has 4 atom stereocenters. The molecular formula is C22H31NO. The number of anilines is 1. The summed E-state index contributed by atoms with van der Waals surface area (Å²) in [7, 11) is 0. The van der Waals surface area contributed by atoms with Crippen LogP contribution in [-0.4, -0.2) is 11.1 Å². The number of rotatable bonds is 5.